The van der Waals surface area contributed by atoms with Crippen LogP contribution < -0.4 is 0 Å². The van der Waals surface area contributed by atoms with E-state index in [-0.39, 0.29) is 35.6 Å². The van der Waals surface area contributed by atoms with Gasteiger partial charge < -0.3 is 4.90 Å². The number of hydrogen-bond donors (Lipinski definition) is 0. The Bertz CT molecular complexity index is 797. The van der Waals surface area contributed by atoms with Gasteiger partial charge in [0.25, 0.3) is 5.91 Å². The van der Waals surface area contributed by atoms with Crippen molar-refractivity contribution in [1.82, 2.24) is 4.90 Å². The highest BCUT2D eigenvalue weighted by atomic mass is 16.2. The predicted octanol–water partition coefficient (Wildman–Crippen LogP) is 5.57. The molecule has 1 atom stereocenters. The standard InChI is InChI=1S/C23H31NO2/c1-14(2)17(7)22(25)20-13-12-18-10-8-9-11-19(18)21(20)23(26)24(15(3)4)16(5)6/h8-17H,1-7H3/t17-/m1/s1. The monoisotopic (exact) mass is 353 g/mol. The molecule has 1 amide bonds. The molecule has 0 spiro atoms. The van der Waals surface area contributed by atoms with Crippen LogP contribution in [-0.4, -0.2) is 28.7 Å². The molecule has 0 saturated heterocycles. The normalized spacial score (nSPS) is 12.8. The van der Waals surface area contributed by atoms with Crippen molar-refractivity contribution in [3.63, 3.8) is 0 Å². The Morgan fingerprint density at radius 2 is 1.38 bits per heavy atom. The SMILES string of the molecule is CC(C)[C@@H](C)C(=O)c1ccc2ccccc2c1C(=O)N(C(C)C)C(C)C. The van der Waals surface area contributed by atoms with Crippen molar-refractivity contribution in [3.05, 3.63) is 47.5 Å². The van der Waals surface area contributed by atoms with E-state index in [4.69, 9.17) is 0 Å². The molecule has 2 aromatic rings. The number of carbonyl (C=O) groups excluding carboxylic acids is 2. The molecule has 0 radical (unpaired) electrons. The number of fused-ring (bicyclic) bond motifs is 1. The van der Waals surface area contributed by atoms with Crippen molar-refractivity contribution in [2.24, 2.45) is 11.8 Å². The van der Waals surface area contributed by atoms with Gasteiger partial charge in [0.05, 0.1) is 5.56 Å². The van der Waals surface area contributed by atoms with Crippen LogP contribution in [0.3, 0.4) is 0 Å². The van der Waals surface area contributed by atoms with Gasteiger partial charge in [-0.1, -0.05) is 51.1 Å². The van der Waals surface area contributed by atoms with Crippen molar-refractivity contribution in [3.8, 4) is 0 Å². The molecule has 3 nitrogen and oxygen atoms in total. The molecule has 0 aliphatic carbocycles. The maximum atomic E-state index is 13.5. The highest BCUT2D eigenvalue weighted by Crippen LogP contribution is 2.28. The fraction of sp³-hybridized carbons (Fsp3) is 0.478. The van der Waals surface area contributed by atoms with Gasteiger partial charge in [-0.3, -0.25) is 9.59 Å². The predicted molar refractivity (Wildman–Crippen MR) is 109 cm³/mol. The lowest BCUT2D eigenvalue weighted by atomic mass is 9.85. The molecule has 0 fully saturated rings. The number of amides is 1. The fourth-order valence-corrected chi connectivity index (χ4v) is 3.45. The first kappa shape index (κ1) is 20.2. The van der Waals surface area contributed by atoms with Gasteiger partial charge in [-0.05, 0) is 50.5 Å². The summed E-state index contributed by atoms with van der Waals surface area (Å²) >= 11 is 0. The second-order valence-electron chi connectivity index (χ2n) is 8.01. The van der Waals surface area contributed by atoms with Crippen molar-refractivity contribution in [1.29, 1.82) is 0 Å². The Kier molecular flexibility index (Phi) is 6.22. The molecular weight excluding hydrogens is 322 g/mol. The highest BCUT2D eigenvalue weighted by Gasteiger charge is 2.29. The molecule has 3 heteroatoms. The van der Waals surface area contributed by atoms with Crippen LogP contribution >= 0.6 is 0 Å². The maximum absolute atomic E-state index is 13.5. The van der Waals surface area contributed by atoms with Crippen LogP contribution in [0.25, 0.3) is 10.8 Å². The average molecular weight is 354 g/mol. The van der Waals surface area contributed by atoms with Crippen LogP contribution in [0, 0.1) is 11.8 Å². The van der Waals surface area contributed by atoms with Gasteiger partial charge in [0.1, 0.15) is 0 Å². The van der Waals surface area contributed by atoms with Gasteiger partial charge in [-0.15, -0.1) is 0 Å². The average Bonchev–Trinajstić information content (AvgIpc) is 2.58. The number of benzene rings is 2. The molecule has 26 heavy (non-hydrogen) atoms. The summed E-state index contributed by atoms with van der Waals surface area (Å²) in [6, 6.07) is 11.7. The maximum Gasteiger partial charge on any atom is 0.255 e. The molecule has 0 N–H and O–H groups in total. The van der Waals surface area contributed by atoms with Gasteiger partial charge in [0.2, 0.25) is 0 Å². The summed E-state index contributed by atoms with van der Waals surface area (Å²) in [6.45, 7) is 14.1. The van der Waals surface area contributed by atoms with E-state index in [0.717, 1.165) is 10.8 Å². The zero-order chi connectivity index (χ0) is 19.6. The lowest BCUT2D eigenvalue weighted by Gasteiger charge is -2.32. The smallest absolute Gasteiger partial charge is 0.255 e. The number of carbonyl (C=O) groups is 2. The van der Waals surface area contributed by atoms with Crippen molar-refractivity contribution < 1.29 is 9.59 Å². The quantitative estimate of drug-likeness (QED) is 0.636. The molecule has 0 aliphatic heterocycles. The van der Waals surface area contributed by atoms with Crippen LogP contribution in [0.5, 0.6) is 0 Å². The summed E-state index contributed by atoms with van der Waals surface area (Å²) < 4.78 is 0. The van der Waals surface area contributed by atoms with Crippen molar-refractivity contribution >= 4 is 22.5 Å². The first-order valence-corrected chi connectivity index (χ1v) is 9.55. The van der Waals surface area contributed by atoms with Crippen LogP contribution in [0.4, 0.5) is 0 Å². The van der Waals surface area contributed by atoms with Gasteiger partial charge in [0, 0.05) is 23.6 Å². The third-order valence-corrected chi connectivity index (χ3v) is 5.17. The molecule has 0 aromatic heterocycles. The Morgan fingerprint density at radius 3 is 1.92 bits per heavy atom. The van der Waals surface area contributed by atoms with Gasteiger partial charge in [0.15, 0.2) is 5.78 Å². The van der Waals surface area contributed by atoms with E-state index in [1.54, 1.807) is 0 Å². The third kappa shape index (κ3) is 3.82. The molecular formula is C23H31NO2. The molecule has 0 unspecified atom stereocenters. The number of hydrogen-bond acceptors (Lipinski definition) is 2. The van der Waals surface area contributed by atoms with E-state index in [2.05, 4.69) is 0 Å². The molecule has 0 saturated carbocycles. The minimum Gasteiger partial charge on any atom is -0.334 e. The summed E-state index contributed by atoms with van der Waals surface area (Å²) in [5, 5.41) is 1.84. The molecule has 0 heterocycles. The van der Waals surface area contributed by atoms with E-state index in [1.807, 2.05) is 89.8 Å². The first-order chi connectivity index (χ1) is 12.2. The lowest BCUT2D eigenvalue weighted by molar-refractivity contribution is 0.0640. The van der Waals surface area contributed by atoms with Gasteiger partial charge in [-0.2, -0.15) is 0 Å². The van der Waals surface area contributed by atoms with Gasteiger partial charge in [-0.25, -0.2) is 0 Å². The van der Waals surface area contributed by atoms with Crippen molar-refractivity contribution in [2.75, 3.05) is 0 Å². The van der Waals surface area contributed by atoms with Crippen LogP contribution in [-0.2, 0) is 0 Å². The third-order valence-electron chi connectivity index (χ3n) is 5.17. The minimum absolute atomic E-state index is 0.0431. The topological polar surface area (TPSA) is 37.4 Å². The van der Waals surface area contributed by atoms with E-state index >= 15 is 0 Å². The number of Topliss-reactive ketones (excluding diaryl/α,β-unsaturated/α-hetero) is 1. The molecule has 0 bridgehead atoms. The van der Waals surface area contributed by atoms with Crippen LogP contribution in [0.1, 0.15) is 69.2 Å². The van der Waals surface area contributed by atoms with Crippen LogP contribution in [0.2, 0.25) is 0 Å². The Hall–Kier alpha value is -2.16. The number of ketones is 1. The fourth-order valence-electron chi connectivity index (χ4n) is 3.45. The first-order valence-electron chi connectivity index (χ1n) is 9.55. The zero-order valence-electron chi connectivity index (χ0n) is 17.0. The molecule has 2 aromatic carbocycles. The Labute approximate surface area is 157 Å². The van der Waals surface area contributed by atoms with Gasteiger partial charge >= 0.3 is 0 Å². The van der Waals surface area contributed by atoms with E-state index in [1.165, 1.54) is 0 Å². The number of rotatable bonds is 6. The largest absolute Gasteiger partial charge is 0.334 e. The Morgan fingerprint density at radius 1 is 0.808 bits per heavy atom. The second-order valence-corrected chi connectivity index (χ2v) is 8.01. The zero-order valence-corrected chi connectivity index (χ0v) is 17.0. The highest BCUT2D eigenvalue weighted by molar-refractivity contribution is 6.16. The minimum atomic E-state index is -0.130. The summed E-state index contributed by atoms with van der Waals surface area (Å²) in [5.41, 5.74) is 1.09. The van der Waals surface area contributed by atoms with Crippen molar-refractivity contribution in [2.45, 2.75) is 60.5 Å². The summed E-state index contributed by atoms with van der Waals surface area (Å²) in [7, 11) is 0. The molecule has 140 valence electrons. The summed E-state index contributed by atoms with van der Waals surface area (Å²) in [6.07, 6.45) is 0. The second kappa shape index (κ2) is 8.03. The van der Waals surface area contributed by atoms with E-state index < -0.39 is 0 Å². The lowest BCUT2D eigenvalue weighted by Crippen LogP contribution is -2.42. The van der Waals surface area contributed by atoms with E-state index in [9.17, 15) is 9.59 Å². The van der Waals surface area contributed by atoms with E-state index in [0.29, 0.717) is 11.1 Å². The number of nitrogens with zero attached hydrogens (tertiary/aromatic N) is 1. The Balaban J connectivity index is 2.73. The molecule has 0 aliphatic rings. The molecule has 2 rings (SSSR count). The summed E-state index contributed by atoms with van der Waals surface area (Å²) in [5.74, 6) is 0.0742. The van der Waals surface area contributed by atoms with Crippen LogP contribution in [0.15, 0.2) is 36.4 Å². The summed E-state index contributed by atoms with van der Waals surface area (Å²) in [4.78, 5) is 28.5.